The Balaban J connectivity index is 2.06. The Bertz CT molecular complexity index is 554. The molecule has 0 heterocycles. The fraction of sp³-hybridized carbons (Fsp3) is 0.188. The molecule has 1 atom stereocenters. The van der Waals surface area contributed by atoms with Gasteiger partial charge in [0, 0.05) is 29.3 Å². The second kappa shape index (κ2) is 7.12. The molecule has 2 aromatic rings. The molecule has 0 spiro atoms. The lowest BCUT2D eigenvalue weighted by molar-refractivity contribution is -0.114. The maximum atomic E-state index is 11.0. The molecule has 0 aliphatic carbocycles. The van der Waals surface area contributed by atoms with Gasteiger partial charge in [0.1, 0.15) is 0 Å². The van der Waals surface area contributed by atoms with Crippen LogP contribution in [0.15, 0.2) is 59.5 Å². The van der Waals surface area contributed by atoms with Crippen molar-refractivity contribution >= 4 is 23.4 Å². The number of thioether (sulfide) groups is 1. The van der Waals surface area contributed by atoms with Gasteiger partial charge in [-0.15, -0.1) is 11.8 Å². The van der Waals surface area contributed by atoms with Gasteiger partial charge in [-0.05, 0) is 29.8 Å². The minimum absolute atomic E-state index is 0.0606. The number of nitrogens with one attached hydrogen (secondary N) is 1. The SMILES string of the molecule is CC(=O)Nc1ccc(SC(CN)c2ccccc2)cc1. The highest BCUT2D eigenvalue weighted by atomic mass is 32.2. The van der Waals surface area contributed by atoms with E-state index < -0.39 is 0 Å². The summed E-state index contributed by atoms with van der Waals surface area (Å²) in [6, 6.07) is 18.1. The molecular formula is C16H18N2OS. The fourth-order valence-electron chi connectivity index (χ4n) is 1.90. The normalized spacial score (nSPS) is 11.9. The number of nitrogens with two attached hydrogens (primary N) is 1. The van der Waals surface area contributed by atoms with Crippen molar-refractivity contribution in [2.24, 2.45) is 5.73 Å². The molecule has 3 N–H and O–H groups in total. The molecule has 2 rings (SSSR count). The van der Waals surface area contributed by atoms with Crippen molar-refractivity contribution < 1.29 is 4.79 Å². The predicted octanol–water partition coefficient (Wildman–Crippen LogP) is 3.44. The summed E-state index contributed by atoms with van der Waals surface area (Å²) < 4.78 is 0. The number of rotatable bonds is 5. The summed E-state index contributed by atoms with van der Waals surface area (Å²) in [6.45, 7) is 2.09. The molecule has 0 saturated carbocycles. The standard InChI is InChI=1S/C16H18N2OS/c1-12(19)18-14-7-9-15(10-8-14)20-16(11-17)13-5-3-2-4-6-13/h2-10,16H,11,17H2,1H3,(H,18,19). The van der Waals surface area contributed by atoms with E-state index in [1.165, 1.54) is 12.5 Å². The highest BCUT2D eigenvalue weighted by molar-refractivity contribution is 7.99. The van der Waals surface area contributed by atoms with E-state index in [2.05, 4.69) is 17.4 Å². The van der Waals surface area contributed by atoms with Crippen LogP contribution in [0.3, 0.4) is 0 Å². The molecule has 0 aliphatic rings. The zero-order valence-corrected chi connectivity index (χ0v) is 12.2. The summed E-state index contributed by atoms with van der Waals surface area (Å²) in [5.74, 6) is -0.0606. The van der Waals surface area contributed by atoms with E-state index in [9.17, 15) is 4.79 Å². The Kier molecular flexibility index (Phi) is 5.21. The summed E-state index contributed by atoms with van der Waals surface area (Å²) in [5.41, 5.74) is 7.91. The van der Waals surface area contributed by atoms with E-state index in [-0.39, 0.29) is 11.2 Å². The van der Waals surface area contributed by atoms with Gasteiger partial charge < -0.3 is 11.1 Å². The van der Waals surface area contributed by atoms with E-state index in [0.717, 1.165) is 10.6 Å². The first kappa shape index (κ1) is 14.6. The third-order valence-corrected chi connectivity index (χ3v) is 4.13. The van der Waals surface area contributed by atoms with Crippen LogP contribution in [0.2, 0.25) is 0 Å². The van der Waals surface area contributed by atoms with Crippen molar-refractivity contribution in [3.05, 3.63) is 60.2 Å². The summed E-state index contributed by atoms with van der Waals surface area (Å²) in [5, 5.41) is 3.00. The Labute approximate surface area is 123 Å². The number of hydrogen-bond acceptors (Lipinski definition) is 3. The first-order valence-electron chi connectivity index (χ1n) is 6.48. The van der Waals surface area contributed by atoms with E-state index >= 15 is 0 Å². The van der Waals surface area contributed by atoms with Crippen molar-refractivity contribution in [2.75, 3.05) is 11.9 Å². The molecule has 1 amide bonds. The van der Waals surface area contributed by atoms with Crippen LogP contribution in [0.25, 0.3) is 0 Å². The summed E-state index contributed by atoms with van der Waals surface area (Å²) >= 11 is 1.73. The van der Waals surface area contributed by atoms with Crippen molar-refractivity contribution in [3.63, 3.8) is 0 Å². The fourth-order valence-corrected chi connectivity index (χ4v) is 2.92. The largest absolute Gasteiger partial charge is 0.329 e. The molecule has 20 heavy (non-hydrogen) atoms. The Morgan fingerprint density at radius 3 is 2.35 bits per heavy atom. The van der Waals surface area contributed by atoms with E-state index in [1.807, 2.05) is 42.5 Å². The molecule has 0 aliphatic heterocycles. The highest BCUT2D eigenvalue weighted by Gasteiger charge is 2.10. The molecule has 3 nitrogen and oxygen atoms in total. The number of anilines is 1. The lowest BCUT2D eigenvalue weighted by atomic mass is 10.1. The monoisotopic (exact) mass is 286 g/mol. The van der Waals surface area contributed by atoms with Crippen LogP contribution in [0, 0.1) is 0 Å². The van der Waals surface area contributed by atoms with E-state index in [1.54, 1.807) is 11.8 Å². The molecule has 0 fully saturated rings. The number of carbonyl (C=O) groups excluding carboxylic acids is 1. The molecule has 0 aromatic heterocycles. The van der Waals surface area contributed by atoms with Crippen molar-refractivity contribution in [1.29, 1.82) is 0 Å². The van der Waals surface area contributed by atoms with Crippen molar-refractivity contribution in [1.82, 2.24) is 0 Å². The minimum Gasteiger partial charge on any atom is -0.329 e. The Morgan fingerprint density at radius 1 is 1.15 bits per heavy atom. The van der Waals surface area contributed by atoms with E-state index in [4.69, 9.17) is 5.73 Å². The molecular weight excluding hydrogens is 268 g/mol. The number of hydrogen-bond donors (Lipinski definition) is 2. The molecule has 2 aromatic carbocycles. The third kappa shape index (κ3) is 4.11. The lowest BCUT2D eigenvalue weighted by Crippen LogP contribution is -2.09. The van der Waals surface area contributed by atoms with Crippen LogP contribution in [-0.2, 0) is 4.79 Å². The second-order valence-electron chi connectivity index (χ2n) is 4.46. The summed E-state index contributed by atoms with van der Waals surface area (Å²) in [4.78, 5) is 12.1. The van der Waals surface area contributed by atoms with Gasteiger partial charge in [-0.2, -0.15) is 0 Å². The highest BCUT2D eigenvalue weighted by Crippen LogP contribution is 2.34. The predicted molar refractivity (Wildman–Crippen MR) is 84.8 cm³/mol. The van der Waals surface area contributed by atoms with Gasteiger partial charge >= 0.3 is 0 Å². The molecule has 4 heteroatoms. The quantitative estimate of drug-likeness (QED) is 0.828. The Hall–Kier alpha value is -1.78. The van der Waals surface area contributed by atoms with Gasteiger partial charge in [0.05, 0.1) is 0 Å². The van der Waals surface area contributed by atoms with Crippen LogP contribution in [0.4, 0.5) is 5.69 Å². The van der Waals surface area contributed by atoms with Crippen LogP contribution in [-0.4, -0.2) is 12.5 Å². The average Bonchev–Trinajstić information content (AvgIpc) is 2.47. The van der Waals surface area contributed by atoms with Crippen LogP contribution < -0.4 is 11.1 Å². The van der Waals surface area contributed by atoms with E-state index in [0.29, 0.717) is 6.54 Å². The first-order chi connectivity index (χ1) is 9.69. The smallest absolute Gasteiger partial charge is 0.221 e. The van der Waals surface area contributed by atoms with Crippen LogP contribution in [0.1, 0.15) is 17.7 Å². The average molecular weight is 286 g/mol. The maximum absolute atomic E-state index is 11.0. The molecule has 1 unspecified atom stereocenters. The van der Waals surface area contributed by atoms with Gasteiger partial charge in [-0.3, -0.25) is 4.79 Å². The Morgan fingerprint density at radius 2 is 1.80 bits per heavy atom. The number of carbonyl (C=O) groups is 1. The number of benzene rings is 2. The molecule has 0 bridgehead atoms. The van der Waals surface area contributed by atoms with Gasteiger partial charge in [0.15, 0.2) is 0 Å². The lowest BCUT2D eigenvalue weighted by Gasteiger charge is -2.15. The zero-order valence-electron chi connectivity index (χ0n) is 11.4. The van der Waals surface area contributed by atoms with Crippen LogP contribution >= 0.6 is 11.8 Å². The first-order valence-corrected chi connectivity index (χ1v) is 7.36. The van der Waals surface area contributed by atoms with Gasteiger partial charge in [0.2, 0.25) is 5.91 Å². The van der Waals surface area contributed by atoms with Crippen molar-refractivity contribution in [2.45, 2.75) is 17.1 Å². The summed E-state index contributed by atoms with van der Waals surface area (Å²) in [7, 11) is 0. The van der Waals surface area contributed by atoms with Crippen LogP contribution in [0.5, 0.6) is 0 Å². The molecule has 0 saturated heterocycles. The maximum Gasteiger partial charge on any atom is 0.221 e. The third-order valence-electron chi connectivity index (χ3n) is 2.84. The number of amides is 1. The summed E-state index contributed by atoms with van der Waals surface area (Å²) in [6.07, 6.45) is 0. The van der Waals surface area contributed by atoms with Gasteiger partial charge in [-0.1, -0.05) is 30.3 Å². The van der Waals surface area contributed by atoms with Gasteiger partial charge in [0.25, 0.3) is 0 Å². The second-order valence-corrected chi connectivity index (χ2v) is 5.73. The molecule has 104 valence electrons. The minimum atomic E-state index is -0.0606. The molecule has 0 radical (unpaired) electrons. The van der Waals surface area contributed by atoms with Gasteiger partial charge in [-0.25, -0.2) is 0 Å². The van der Waals surface area contributed by atoms with Crippen molar-refractivity contribution in [3.8, 4) is 0 Å². The topological polar surface area (TPSA) is 55.1 Å². The zero-order chi connectivity index (χ0) is 14.4.